The molecule has 5 heteroatoms. The number of ether oxygens (including phenoxy) is 2. The Kier molecular flexibility index (Phi) is 9.48. The van der Waals surface area contributed by atoms with E-state index in [-0.39, 0.29) is 35.0 Å². The molecule has 0 aromatic heterocycles. The van der Waals surface area contributed by atoms with E-state index >= 15 is 0 Å². The third-order valence-electron chi connectivity index (χ3n) is 12.6. The van der Waals surface area contributed by atoms with Crippen LogP contribution in [0.15, 0.2) is 78.4 Å². The van der Waals surface area contributed by atoms with Crippen molar-refractivity contribution in [2.75, 3.05) is 5.33 Å². The van der Waals surface area contributed by atoms with E-state index in [2.05, 4.69) is 103 Å². The van der Waals surface area contributed by atoms with Crippen LogP contribution in [0, 0.1) is 40.4 Å². The lowest BCUT2D eigenvalue weighted by molar-refractivity contribution is -0.193. The van der Waals surface area contributed by atoms with Crippen LogP contribution in [-0.2, 0) is 19.1 Å². The highest BCUT2D eigenvalue weighted by atomic mass is 79.9. The second-order valence-corrected chi connectivity index (χ2v) is 15.2. The maximum atomic E-state index is 12.7. The minimum absolute atomic E-state index is 0.0439. The number of hydrogen-bond acceptors (Lipinski definition) is 4. The van der Waals surface area contributed by atoms with Crippen molar-refractivity contribution in [2.24, 2.45) is 40.4 Å². The zero-order valence-corrected chi connectivity index (χ0v) is 28.9. The molecular formula is C40H49BrO4. The molecule has 0 amide bonds. The van der Waals surface area contributed by atoms with Crippen molar-refractivity contribution in [1.29, 1.82) is 0 Å². The normalized spacial score (nSPS) is 35.8. The van der Waals surface area contributed by atoms with E-state index < -0.39 is 0 Å². The van der Waals surface area contributed by atoms with Crippen LogP contribution >= 0.6 is 15.9 Å². The Morgan fingerprint density at radius 2 is 1.44 bits per heavy atom. The molecule has 0 saturated heterocycles. The third kappa shape index (κ3) is 6.11. The van der Waals surface area contributed by atoms with E-state index in [4.69, 9.17) is 9.47 Å². The first-order valence-corrected chi connectivity index (χ1v) is 18.2. The van der Waals surface area contributed by atoms with E-state index in [1.165, 1.54) is 48.5 Å². The van der Waals surface area contributed by atoms with E-state index in [0.717, 1.165) is 37.4 Å². The van der Waals surface area contributed by atoms with Crippen molar-refractivity contribution in [3.63, 3.8) is 0 Å². The number of benzene rings is 2. The molecule has 4 fully saturated rings. The van der Waals surface area contributed by atoms with Crippen LogP contribution in [0.1, 0.15) is 90.2 Å². The zero-order chi connectivity index (χ0) is 31.8. The molecule has 4 aliphatic carbocycles. The lowest BCUT2D eigenvalue weighted by atomic mass is 9.44. The molecule has 0 aliphatic heterocycles. The Morgan fingerprint density at radius 1 is 0.800 bits per heavy atom. The van der Waals surface area contributed by atoms with Crippen molar-refractivity contribution in [2.45, 2.75) is 91.3 Å². The summed E-state index contributed by atoms with van der Waals surface area (Å²) in [5.41, 5.74) is 5.09. The van der Waals surface area contributed by atoms with Gasteiger partial charge in [-0.25, -0.2) is 0 Å². The first-order chi connectivity index (χ1) is 21.6. The first-order valence-electron chi connectivity index (χ1n) is 17.1. The summed E-state index contributed by atoms with van der Waals surface area (Å²) in [6, 6.07) is 21.3. The van der Waals surface area contributed by atoms with Crippen LogP contribution in [0.2, 0.25) is 0 Å². The summed E-state index contributed by atoms with van der Waals surface area (Å²) in [7, 11) is 0. The van der Waals surface area contributed by atoms with Gasteiger partial charge in [0.15, 0.2) is 0 Å². The van der Waals surface area contributed by atoms with Crippen LogP contribution in [0.25, 0.3) is 5.57 Å². The summed E-state index contributed by atoms with van der Waals surface area (Å²) in [5.74, 6) is 2.23. The Hall–Kier alpha value is -2.66. The van der Waals surface area contributed by atoms with Gasteiger partial charge in [0, 0.05) is 24.6 Å². The van der Waals surface area contributed by atoms with Crippen LogP contribution in [0.4, 0.5) is 0 Å². The maximum absolute atomic E-state index is 12.7. The molecule has 240 valence electrons. The van der Waals surface area contributed by atoms with Crippen LogP contribution < -0.4 is 0 Å². The van der Waals surface area contributed by atoms with Gasteiger partial charge in [-0.2, -0.15) is 0 Å². The van der Waals surface area contributed by atoms with Crippen molar-refractivity contribution in [1.82, 2.24) is 0 Å². The summed E-state index contributed by atoms with van der Waals surface area (Å²) in [4.78, 5) is 24.4. The Bertz CT molecular complexity index is 1390. The van der Waals surface area contributed by atoms with E-state index in [1.54, 1.807) is 6.92 Å². The van der Waals surface area contributed by atoms with Gasteiger partial charge in [0.2, 0.25) is 0 Å². The Balaban J connectivity index is 1.33. The van der Waals surface area contributed by atoms with Gasteiger partial charge in [-0.1, -0.05) is 108 Å². The van der Waals surface area contributed by atoms with Crippen LogP contribution in [0.3, 0.4) is 0 Å². The molecule has 4 saturated carbocycles. The first kappa shape index (κ1) is 32.3. The third-order valence-corrected chi connectivity index (χ3v) is 13.2. The second-order valence-electron chi connectivity index (χ2n) is 14.7. The maximum Gasteiger partial charge on any atom is 0.302 e. The Morgan fingerprint density at radius 3 is 2.04 bits per heavy atom. The van der Waals surface area contributed by atoms with Gasteiger partial charge < -0.3 is 9.47 Å². The van der Waals surface area contributed by atoms with E-state index in [9.17, 15) is 9.59 Å². The molecule has 2 aromatic carbocycles. The molecule has 45 heavy (non-hydrogen) atoms. The number of hydrogen-bond donors (Lipinski definition) is 0. The summed E-state index contributed by atoms with van der Waals surface area (Å²) in [6.07, 6.45) is 13.2. The zero-order valence-electron chi connectivity index (χ0n) is 27.3. The quantitative estimate of drug-likeness (QED) is 0.167. The average molecular weight is 674 g/mol. The van der Waals surface area contributed by atoms with Gasteiger partial charge in [0.25, 0.3) is 0 Å². The van der Waals surface area contributed by atoms with E-state index in [0.29, 0.717) is 29.6 Å². The highest BCUT2D eigenvalue weighted by Gasteiger charge is 2.65. The number of fused-ring (bicyclic) bond motifs is 5. The number of allylic oxidation sites excluding steroid dienone is 3. The highest BCUT2D eigenvalue weighted by Crippen LogP contribution is 2.69. The highest BCUT2D eigenvalue weighted by molar-refractivity contribution is 9.09. The van der Waals surface area contributed by atoms with Gasteiger partial charge in [0.05, 0.1) is 0 Å². The van der Waals surface area contributed by atoms with Crippen LogP contribution in [0.5, 0.6) is 0 Å². The second kappa shape index (κ2) is 13.2. The number of esters is 2. The number of carbonyl (C=O) groups excluding carboxylic acids is 2. The number of carbonyl (C=O) groups is 2. The lowest BCUT2D eigenvalue weighted by Crippen LogP contribution is -2.59. The fraction of sp³-hybridized carbons (Fsp3) is 0.550. The number of rotatable bonds is 7. The van der Waals surface area contributed by atoms with Crippen molar-refractivity contribution in [3.05, 3.63) is 89.5 Å². The summed E-state index contributed by atoms with van der Waals surface area (Å²) >= 11 is 3.90. The fourth-order valence-corrected chi connectivity index (χ4v) is 11.1. The van der Waals surface area contributed by atoms with Crippen molar-refractivity contribution < 1.29 is 19.1 Å². The standard InChI is InChI=1S/C40H49BrO4/c1-26(42)44-32-21-22-39(3)31(23-32)16-18-34-36-20-19-35(40(36,4)38(24-37(34)39)45-27(2)43)30(25-41)15-17-33(28-11-7-5-8-12-28)29-13-9-6-10-14-29/h5-15,17,31-32,34-38H,16,18-25H2,1-4H3/b30-15-/t31-,32+,34?,35?,36?,37?,38-,39-,40+/m0/s1. The molecule has 4 nitrogen and oxygen atoms in total. The summed E-state index contributed by atoms with van der Waals surface area (Å²) in [5, 5.41) is 0.797. The SMILES string of the molecule is CC(=O)O[C@@H]1CC[C@]2(C)C3C[C@H](OC(C)=O)[C@]4(C)C(/C(=C\C=C(c5ccccc5)c5ccccc5)CBr)CCC4C3CC[C@H]2C1. The molecule has 0 N–H and O–H groups in total. The smallest absolute Gasteiger partial charge is 0.302 e. The van der Waals surface area contributed by atoms with Crippen LogP contribution in [-0.4, -0.2) is 29.5 Å². The van der Waals surface area contributed by atoms with Gasteiger partial charge >= 0.3 is 11.9 Å². The molecular weight excluding hydrogens is 624 g/mol. The van der Waals surface area contributed by atoms with Gasteiger partial charge in [-0.15, -0.1) is 0 Å². The molecule has 9 atom stereocenters. The van der Waals surface area contributed by atoms with Gasteiger partial charge in [-0.3, -0.25) is 9.59 Å². The molecule has 0 spiro atoms. The molecule has 0 bridgehead atoms. The molecule has 4 aliphatic rings. The van der Waals surface area contributed by atoms with Gasteiger partial charge in [-0.05, 0) is 103 Å². The predicted octanol–water partition coefficient (Wildman–Crippen LogP) is 9.57. The minimum atomic E-state index is -0.167. The van der Waals surface area contributed by atoms with E-state index in [1.807, 2.05) is 0 Å². The predicted molar refractivity (Wildman–Crippen MR) is 184 cm³/mol. The summed E-state index contributed by atoms with van der Waals surface area (Å²) < 4.78 is 12.1. The molecule has 6 rings (SSSR count). The van der Waals surface area contributed by atoms with Crippen molar-refractivity contribution >= 4 is 33.4 Å². The summed E-state index contributed by atoms with van der Waals surface area (Å²) in [6.45, 7) is 8.06. The molecule has 0 heterocycles. The molecule has 2 aromatic rings. The molecule has 0 radical (unpaired) electrons. The molecule has 4 unspecified atom stereocenters. The lowest BCUT2D eigenvalue weighted by Gasteiger charge is -2.62. The fourth-order valence-electron chi connectivity index (χ4n) is 10.5. The number of alkyl halides is 1. The number of halogens is 1. The largest absolute Gasteiger partial charge is 0.463 e. The monoisotopic (exact) mass is 672 g/mol. The Labute approximate surface area is 278 Å². The van der Waals surface area contributed by atoms with Crippen molar-refractivity contribution in [3.8, 4) is 0 Å². The average Bonchev–Trinajstić information content (AvgIpc) is 3.38. The van der Waals surface area contributed by atoms with Gasteiger partial charge in [0.1, 0.15) is 12.2 Å². The topological polar surface area (TPSA) is 52.6 Å². The minimum Gasteiger partial charge on any atom is -0.463 e.